The summed E-state index contributed by atoms with van der Waals surface area (Å²) in [6, 6.07) is 26.7. The SMILES string of the molecule is O=C(CSc1nnc(-c2ccccc2)n1-c1ccc(Cl)cc1)NN=CC(Cl)=Cc1ccccc1. The smallest absolute Gasteiger partial charge is 0.250 e. The predicted octanol–water partition coefficient (Wildman–Crippen LogP) is 6.06. The highest BCUT2D eigenvalue weighted by Crippen LogP contribution is 2.28. The summed E-state index contributed by atoms with van der Waals surface area (Å²) in [5, 5.41) is 14.2. The van der Waals surface area contributed by atoms with Gasteiger partial charge in [-0.2, -0.15) is 5.10 Å². The summed E-state index contributed by atoms with van der Waals surface area (Å²) in [6.45, 7) is 0. The molecule has 0 aliphatic carbocycles. The first-order chi connectivity index (χ1) is 16.6. The highest BCUT2D eigenvalue weighted by atomic mass is 35.5. The number of hydrogen-bond donors (Lipinski definition) is 1. The normalized spacial score (nSPS) is 11.6. The van der Waals surface area contributed by atoms with Crippen molar-refractivity contribution in [2.45, 2.75) is 5.16 Å². The molecular formula is C25H19Cl2N5OS. The molecule has 0 aliphatic heterocycles. The van der Waals surface area contributed by atoms with Crippen molar-refractivity contribution in [2.75, 3.05) is 5.75 Å². The van der Waals surface area contributed by atoms with E-state index in [1.807, 2.05) is 77.4 Å². The first-order valence-electron chi connectivity index (χ1n) is 10.2. The fourth-order valence-corrected chi connectivity index (χ4v) is 4.08. The summed E-state index contributed by atoms with van der Waals surface area (Å²) >= 11 is 13.5. The van der Waals surface area contributed by atoms with Crippen molar-refractivity contribution in [2.24, 2.45) is 5.10 Å². The minimum absolute atomic E-state index is 0.0951. The van der Waals surface area contributed by atoms with Crippen LogP contribution in [-0.4, -0.2) is 32.6 Å². The van der Waals surface area contributed by atoms with E-state index in [9.17, 15) is 4.79 Å². The number of amides is 1. The Kier molecular flexibility index (Phi) is 8.14. The number of benzene rings is 3. The number of carbonyl (C=O) groups is 1. The maximum absolute atomic E-state index is 12.3. The number of halogens is 2. The molecule has 0 bridgehead atoms. The van der Waals surface area contributed by atoms with Crippen LogP contribution in [-0.2, 0) is 4.79 Å². The summed E-state index contributed by atoms with van der Waals surface area (Å²) in [5.74, 6) is 0.469. The van der Waals surface area contributed by atoms with Crippen LogP contribution >= 0.6 is 35.0 Å². The molecule has 9 heteroatoms. The molecule has 1 aromatic heterocycles. The lowest BCUT2D eigenvalue weighted by molar-refractivity contribution is -0.118. The molecule has 0 atom stereocenters. The zero-order valence-electron chi connectivity index (χ0n) is 17.8. The van der Waals surface area contributed by atoms with Crippen molar-refractivity contribution in [3.63, 3.8) is 0 Å². The first-order valence-corrected chi connectivity index (χ1v) is 12.0. The van der Waals surface area contributed by atoms with Crippen molar-refractivity contribution in [3.05, 3.63) is 101 Å². The van der Waals surface area contributed by atoms with Crippen LogP contribution in [0.3, 0.4) is 0 Å². The number of hydrogen-bond acceptors (Lipinski definition) is 5. The Morgan fingerprint density at radius 3 is 2.35 bits per heavy atom. The minimum Gasteiger partial charge on any atom is -0.272 e. The zero-order valence-corrected chi connectivity index (χ0v) is 20.1. The minimum atomic E-state index is -0.294. The molecule has 4 rings (SSSR count). The number of allylic oxidation sites excluding steroid dienone is 1. The zero-order chi connectivity index (χ0) is 23.8. The molecule has 3 aromatic carbocycles. The van der Waals surface area contributed by atoms with Gasteiger partial charge in [-0.25, -0.2) is 5.43 Å². The maximum Gasteiger partial charge on any atom is 0.250 e. The van der Waals surface area contributed by atoms with Gasteiger partial charge in [0.05, 0.1) is 17.0 Å². The lowest BCUT2D eigenvalue weighted by atomic mass is 10.2. The molecule has 0 fully saturated rings. The number of thioether (sulfide) groups is 1. The molecular weight excluding hydrogens is 489 g/mol. The van der Waals surface area contributed by atoms with E-state index in [2.05, 4.69) is 20.7 Å². The van der Waals surface area contributed by atoms with E-state index in [0.717, 1.165) is 16.8 Å². The van der Waals surface area contributed by atoms with Crippen LogP contribution in [0.25, 0.3) is 23.2 Å². The van der Waals surface area contributed by atoms with Crippen molar-refractivity contribution in [1.82, 2.24) is 20.2 Å². The average Bonchev–Trinajstić information content (AvgIpc) is 3.28. The molecule has 0 saturated heterocycles. The number of carbonyl (C=O) groups excluding carboxylic acids is 1. The van der Waals surface area contributed by atoms with Crippen molar-refractivity contribution in [3.8, 4) is 17.1 Å². The Balaban J connectivity index is 1.45. The van der Waals surface area contributed by atoms with Gasteiger partial charge in [-0.3, -0.25) is 9.36 Å². The van der Waals surface area contributed by atoms with Gasteiger partial charge >= 0.3 is 0 Å². The van der Waals surface area contributed by atoms with Gasteiger partial charge in [0.2, 0.25) is 0 Å². The Morgan fingerprint density at radius 1 is 0.971 bits per heavy atom. The van der Waals surface area contributed by atoms with Gasteiger partial charge < -0.3 is 0 Å². The van der Waals surface area contributed by atoms with Crippen LogP contribution in [0.1, 0.15) is 5.56 Å². The number of nitrogens with one attached hydrogen (secondary N) is 1. The third kappa shape index (κ3) is 6.35. The van der Waals surface area contributed by atoms with Gasteiger partial charge in [0, 0.05) is 16.3 Å². The van der Waals surface area contributed by atoms with E-state index in [4.69, 9.17) is 23.2 Å². The summed E-state index contributed by atoms with van der Waals surface area (Å²) in [7, 11) is 0. The van der Waals surface area contributed by atoms with E-state index in [1.165, 1.54) is 18.0 Å². The van der Waals surface area contributed by atoms with Crippen LogP contribution in [0, 0.1) is 0 Å². The molecule has 0 aliphatic rings. The van der Waals surface area contributed by atoms with Crippen molar-refractivity contribution >= 4 is 53.2 Å². The third-order valence-electron chi connectivity index (χ3n) is 4.56. The molecule has 0 radical (unpaired) electrons. The Hall–Kier alpha value is -3.39. The summed E-state index contributed by atoms with van der Waals surface area (Å²) in [6.07, 6.45) is 3.15. The Labute approximate surface area is 211 Å². The quantitative estimate of drug-likeness (QED) is 0.178. The highest BCUT2D eigenvalue weighted by Gasteiger charge is 2.17. The summed E-state index contributed by atoms with van der Waals surface area (Å²) in [5.41, 5.74) is 5.17. The predicted molar refractivity (Wildman–Crippen MR) is 139 cm³/mol. The summed E-state index contributed by atoms with van der Waals surface area (Å²) in [4.78, 5) is 12.3. The van der Waals surface area contributed by atoms with Gasteiger partial charge in [0.25, 0.3) is 5.91 Å². The van der Waals surface area contributed by atoms with Crippen molar-refractivity contribution < 1.29 is 4.79 Å². The number of hydrazone groups is 1. The number of aromatic nitrogens is 3. The molecule has 1 N–H and O–H groups in total. The van der Waals surface area contributed by atoms with E-state index in [-0.39, 0.29) is 11.7 Å². The van der Waals surface area contributed by atoms with Crippen LogP contribution in [0.4, 0.5) is 0 Å². The monoisotopic (exact) mass is 507 g/mol. The highest BCUT2D eigenvalue weighted by molar-refractivity contribution is 7.99. The molecule has 1 amide bonds. The van der Waals surface area contributed by atoms with Gasteiger partial charge in [-0.15, -0.1) is 10.2 Å². The lowest BCUT2D eigenvalue weighted by Gasteiger charge is -2.10. The molecule has 34 heavy (non-hydrogen) atoms. The molecule has 0 unspecified atom stereocenters. The second-order valence-electron chi connectivity index (χ2n) is 7.01. The first kappa shape index (κ1) is 23.8. The molecule has 170 valence electrons. The molecule has 0 spiro atoms. The second kappa shape index (κ2) is 11.7. The van der Waals surface area contributed by atoms with E-state index in [0.29, 0.717) is 21.0 Å². The van der Waals surface area contributed by atoms with Crippen LogP contribution in [0.5, 0.6) is 0 Å². The maximum atomic E-state index is 12.3. The number of nitrogens with zero attached hydrogens (tertiary/aromatic N) is 4. The Bertz CT molecular complexity index is 1310. The van der Waals surface area contributed by atoms with Crippen LogP contribution in [0.2, 0.25) is 5.02 Å². The third-order valence-corrected chi connectivity index (χ3v) is 5.95. The van der Waals surface area contributed by atoms with Gasteiger partial charge in [0.15, 0.2) is 11.0 Å². The molecule has 6 nitrogen and oxygen atoms in total. The topological polar surface area (TPSA) is 72.2 Å². The van der Waals surface area contributed by atoms with Crippen molar-refractivity contribution in [1.29, 1.82) is 0 Å². The van der Waals surface area contributed by atoms with E-state index < -0.39 is 0 Å². The molecule has 0 saturated carbocycles. The largest absolute Gasteiger partial charge is 0.272 e. The lowest BCUT2D eigenvalue weighted by Crippen LogP contribution is -2.19. The van der Waals surface area contributed by atoms with Gasteiger partial charge in [-0.1, -0.05) is 95.6 Å². The van der Waals surface area contributed by atoms with Crippen LogP contribution < -0.4 is 5.43 Å². The average molecular weight is 508 g/mol. The standard InChI is InChI=1S/C25H19Cl2N5OS/c26-20-11-13-22(14-12-20)32-24(19-9-5-2-6-10-19)30-31-25(32)34-17-23(33)29-28-16-21(27)15-18-7-3-1-4-8-18/h1-16H,17H2,(H,29,33). The van der Waals surface area contributed by atoms with E-state index in [1.54, 1.807) is 18.2 Å². The fourth-order valence-electron chi connectivity index (χ4n) is 3.03. The van der Waals surface area contributed by atoms with E-state index >= 15 is 0 Å². The fraction of sp³-hybridized carbons (Fsp3) is 0.0400. The molecule has 4 aromatic rings. The number of rotatable bonds is 8. The van der Waals surface area contributed by atoms with Crippen LogP contribution in [0.15, 0.2) is 100 Å². The molecule has 1 heterocycles. The second-order valence-corrected chi connectivity index (χ2v) is 8.82. The van der Waals surface area contributed by atoms with Gasteiger partial charge in [-0.05, 0) is 35.9 Å². The van der Waals surface area contributed by atoms with Gasteiger partial charge in [0.1, 0.15) is 0 Å². The Morgan fingerprint density at radius 2 is 1.65 bits per heavy atom. The summed E-state index contributed by atoms with van der Waals surface area (Å²) < 4.78 is 1.90.